The van der Waals surface area contributed by atoms with Crippen LogP contribution in [0.15, 0.2) is 54.0 Å². The lowest BCUT2D eigenvalue weighted by atomic mass is 10.0. The number of hydrogen-bond acceptors (Lipinski definition) is 2. The fourth-order valence-electron chi connectivity index (χ4n) is 1.87. The molecule has 0 N–H and O–H groups in total. The highest BCUT2D eigenvalue weighted by Gasteiger charge is 2.09. The van der Waals surface area contributed by atoms with Crippen molar-refractivity contribution in [2.45, 2.75) is 0 Å². The molecule has 0 amide bonds. The molecule has 0 bridgehead atoms. The highest BCUT2D eigenvalue weighted by atomic mass is 35.5. The van der Waals surface area contributed by atoms with Crippen LogP contribution in [0, 0.1) is 5.82 Å². The molecule has 0 fully saturated rings. The van der Waals surface area contributed by atoms with Crippen molar-refractivity contribution < 1.29 is 4.39 Å². The number of hydrogen-bond donors (Lipinski definition) is 0. The molecule has 1 nitrogen and oxygen atoms in total. The third-order valence-corrected chi connectivity index (χ3v) is 3.87. The molecule has 0 aliphatic rings. The van der Waals surface area contributed by atoms with Crippen molar-refractivity contribution in [2.24, 2.45) is 0 Å². The first-order valence-corrected chi connectivity index (χ1v) is 6.95. The van der Waals surface area contributed by atoms with Gasteiger partial charge >= 0.3 is 0 Å². The maximum atomic E-state index is 14.1. The first kappa shape index (κ1) is 12.3. The van der Waals surface area contributed by atoms with Gasteiger partial charge in [-0.25, -0.2) is 9.37 Å². The highest BCUT2D eigenvalue weighted by molar-refractivity contribution is 7.13. The lowest BCUT2D eigenvalue weighted by Crippen LogP contribution is -1.85. The molecule has 0 spiro atoms. The minimum Gasteiger partial charge on any atom is -0.244 e. The van der Waals surface area contributed by atoms with E-state index in [9.17, 15) is 4.39 Å². The Morgan fingerprint density at radius 1 is 1.00 bits per heavy atom. The van der Waals surface area contributed by atoms with Crippen LogP contribution < -0.4 is 0 Å². The van der Waals surface area contributed by atoms with E-state index in [1.54, 1.807) is 24.4 Å². The lowest BCUT2D eigenvalue weighted by molar-refractivity contribution is 0.631. The number of benzene rings is 2. The Kier molecular flexibility index (Phi) is 3.32. The second kappa shape index (κ2) is 5.11. The summed E-state index contributed by atoms with van der Waals surface area (Å²) in [6.45, 7) is 0. The Morgan fingerprint density at radius 3 is 2.37 bits per heavy atom. The predicted octanol–water partition coefficient (Wildman–Crippen LogP) is 5.27. The van der Waals surface area contributed by atoms with Crippen molar-refractivity contribution in [2.75, 3.05) is 0 Å². The largest absolute Gasteiger partial charge is 0.244 e. The SMILES string of the molecule is Fc1cc(-c2ccc(Cl)cc2)ccc1-c1nccs1. The molecule has 0 radical (unpaired) electrons. The molecule has 2 aromatic carbocycles. The molecule has 0 aliphatic heterocycles. The van der Waals surface area contributed by atoms with Crippen LogP contribution >= 0.6 is 22.9 Å². The molecule has 4 heteroatoms. The van der Waals surface area contributed by atoms with E-state index in [1.165, 1.54) is 17.4 Å². The van der Waals surface area contributed by atoms with Gasteiger partial charge in [0, 0.05) is 22.2 Å². The standard InChI is InChI=1S/C15H9ClFNS/c16-12-4-1-10(2-5-12)11-3-6-13(14(17)9-11)15-18-7-8-19-15/h1-9H. The molecule has 19 heavy (non-hydrogen) atoms. The zero-order valence-electron chi connectivity index (χ0n) is 9.81. The Morgan fingerprint density at radius 2 is 1.74 bits per heavy atom. The molecular weight excluding hydrogens is 281 g/mol. The maximum Gasteiger partial charge on any atom is 0.134 e. The molecule has 0 saturated heterocycles. The molecule has 1 heterocycles. The highest BCUT2D eigenvalue weighted by Crippen LogP contribution is 2.29. The van der Waals surface area contributed by atoms with Crippen molar-refractivity contribution >= 4 is 22.9 Å². The van der Waals surface area contributed by atoms with E-state index in [4.69, 9.17) is 11.6 Å². The number of rotatable bonds is 2. The average Bonchev–Trinajstić information content (AvgIpc) is 2.93. The number of nitrogens with zero attached hydrogens (tertiary/aromatic N) is 1. The average molecular weight is 290 g/mol. The number of aromatic nitrogens is 1. The molecule has 1 aromatic heterocycles. The summed E-state index contributed by atoms with van der Waals surface area (Å²) < 4.78 is 14.1. The van der Waals surface area contributed by atoms with Crippen molar-refractivity contribution in [1.82, 2.24) is 4.98 Å². The summed E-state index contributed by atoms with van der Waals surface area (Å²) in [5.74, 6) is -0.262. The van der Waals surface area contributed by atoms with Gasteiger partial charge in [-0.2, -0.15) is 0 Å². The van der Waals surface area contributed by atoms with Crippen molar-refractivity contribution in [1.29, 1.82) is 0 Å². The van der Waals surface area contributed by atoms with Gasteiger partial charge in [-0.15, -0.1) is 11.3 Å². The monoisotopic (exact) mass is 289 g/mol. The Labute approximate surface area is 119 Å². The number of halogens is 2. The van der Waals surface area contributed by atoms with Gasteiger partial charge in [0.2, 0.25) is 0 Å². The molecule has 94 valence electrons. The summed E-state index contributed by atoms with van der Waals surface area (Å²) >= 11 is 7.27. The molecular formula is C15H9ClFNS. The normalized spacial score (nSPS) is 10.6. The maximum absolute atomic E-state index is 14.1. The van der Waals surface area contributed by atoms with Crippen LogP contribution in [-0.4, -0.2) is 4.98 Å². The Hall–Kier alpha value is -1.71. The van der Waals surface area contributed by atoms with Gasteiger partial charge in [0.15, 0.2) is 0 Å². The van der Waals surface area contributed by atoms with Gasteiger partial charge in [-0.3, -0.25) is 0 Å². The van der Waals surface area contributed by atoms with Gasteiger partial charge in [0.25, 0.3) is 0 Å². The van der Waals surface area contributed by atoms with E-state index < -0.39 is 0 Å². The first-order valence-electron chi connectivity index (χ1n) is 5.69. The van der Waals surface area contributed by atoms with Crippen LogP contribution in [0.5, 0.6) is 0 Å². The molecule has 0 unspecified atom stereocenters. The first-order chi connectivity index (χ1) is 9.24. The number of thiazole rings is 1. The zero-order chi connectivity index (χ0) is 13.2. The Bertz CT molecular complexity index is 693. The summed E-state index contributed by atoms with van der Waals surface area (Å²) in [6.07, 6.45) is 1.67. The topological polar surface area (TPSA) is 12.9 Å². The zero-order valence-corrected chi connectivity index (χ0v) is 11.4. The fraction of sp³-hybridized carbons (Fsp3) is 0. The van der Waals surface area contributed by atoms with E-state index in [-0.39, 0.29) is 5.82 Å². The van der Waals surface area contributed by atoms with Crippen LogP contribution in [0.25, 0.3) is 21.7 Å². The smallest absolute Gasteiger partial charge is 0.134 e. The van der Waals surface area contributed by atoms with Crippen molar-refractivity contribution in [3.8, 4) is 21.7 Å². The third kappa shape index (κ3) is 2.53. The van der Waals surface area contributed by atoms with Gasteiger partial charge in [0.1, 0.15) is 10.8 Å². The fourth-order valence-corrected chi connectivity index (χ4v) is 2.66. The second-order valence-corrected chi connectivity index (χ2v) is 5.37. The molecule has 3 rings (SSSR count). The minimum absolute atomic E-state index is 0.262. The lowest BCUT2D eigenvalue weighted by Gasteiger charge is -2.05. The second-order valence-electron chi connectivity index (χ2n) is 4.04. The van der Waals surface area contributed by atoms with Crippen molar-refractivity contribution in [3.05, 3.63) is 64.9 Å². The molecule has 0 saturated carbocycles. The third-order valence-electron chi connectivity index (χ3n) is 2.81. The molecule has 0 aliphatic carbocycles. The van der Waals surface area contributed by atoms with Crippen LogP contribution in [0.2, 0.25) is 5.02 Å². The summed E-state index contributed by atoms with van der Waals surface area (Å²) in [7, 11) is 0. The van der Waals surface area contributed by atoms with Gasteiger partial charge in [-0.05, 0) is 35.4 Å². The van der Waals surface area contributed by atoms with Crippen LogP contribution in [0.3, 0.4) is 0 Å². The van der Waals surface area contributed by atoms with E-state index >= 15 is 0 Å². The summed E-state index contributed by atoms with van der Waals surface area (Å²) in [6, 6.07) is 12.5. The van der Waals surface area contributed by atoms with Crippen LogP contribution in [0.1, 0.15) is 0 Å². The van der Waals surface area contributed by atoms with Crippen molar-refractivity contribution in [3.63, 3.8) is 0 Å². The van der Waals surface area contributed by atoms with Crippen LogP contribution in [0.4, 0.5) is 4.39 Å². The van der Waals surface area contributed by atoms with Crippen LogP contribution in [-0.2, 0) is 0 Å². The Balaban J connectivity index is 2.02. The molecule has 3 aromatic rings. The van der Waals surface area contributed by atoms with Gasteiger partial charge in [-0.1, -0.05) is 29.8 Å². The van der Waals surface area contributed by atoms with E-state index in [2.05, 4.69) is 4.98 Å². The summed E-state index contributed by atoms with van der Waals surface area (Å²) in [5.41, 5.74) is 2.30. The molecule has 0 atom stereocenters. The summed E-state index contributed by atoms with van der Waals surface area (Å²) in [4.78, 5) is 4.12. The van der Waals surface area contributed by atoms with E-state index in [0.717, 1.165) is 11.1 Å². The minimum atomic E-state index is -0.262. The van der Waals surface area contributed by atoms with E-state index in [0.29, 0.717) is 15.6 Å². The van der Waals surface area contributed by atoms with Gasteiger partial charge in [0.05, 0.1) is 0 Å². The quantitative estimate of drug-likeness (QED) is 0.626. The predicted molar refractivity (Wildman–Crippen MR) is 78.0 cm³/mol. The summed E-state index contributed by atoms with van der Waals surface area (Å²) in [5, 5.41) is 3.20. The van der Waals surface area contributed by atoms with Gasteiger partial charge < -0.3 is 0 Å². The van der Waals surface area contributed by atoms with E-state index in [1.807, 2.05) is 23.6 Å².